The summed E-state index contributed by atoms with van der Waals surface area (Å²) in [6.45, 7) is 22.5. The lowest BCUT2D eigenvalue weighted by atomic mass is 9.32. The highest BCUT2D eigenvalue weighted by atomic mass is 16.5. The molecule has 11 atom stereocenters. The minimum atomic E-state index is -0.667. The van der Waals surface area contributed by atoms with Crippen molar-refractivity contribution >= 4 is 34.5 Å². The number of allylic oxidation sites excluding steroid dienone is 1. The van der Waals surface area contributed by atoms with Gasteiger partial charge < -0.3 is 29.6 Å². The van der Waals surface area contributed by atoms with E-state index in [0.29, 0.717) is 55.0 Å². The molecular formula is C50H72N2O8. The van der Waals surface area contributed by atoms with Gasteiger partial charge >= 0.3 is 17.6 Å². The lowest BCUT2D eigenvalue weighted by molar-refractivity contribution is -0.255. The number of carbonyl (C=O) groups is 3. The summed E-state index contributed by atoms with van der Waals surface area (Å²) in [5.41, 5.74) is 0.702. The normalized spacial score (nSPS) is 36.9. The fourth-order valence-electron chi connectivity index (χ4n) is 14.7. The summed E-state index contributed by atoms with van der Waals surface area (Å²) >= 11 is 0. The molecular weight excluding hydrogens is 757 g/mol. The lowest BCUT2D eigenvalue weighted by Gasteiger charge is -2.72. The van der Waals surface area contributed by atoms with Crippen molar-refractivity contribution in [1.29, 1.82) is 0 Å². The number of nitrogens with zero attached hydrogens (tertiary/aromatic N) is 1. The summed E-state index contributed by atoms with van der Waals surface area (Å²) in [5, 5.41) is 25.9. The number of carboxylic acid groups (broad SMARTS) is 1. The van der Waals surface area contributed by atoms with Gasteiger partial charge in [-0.2, -0.15) is 0 Å². The maximum absolute atomic E-state index is 13.2. The Labute approximate surface area is 357 Å². The van der Waals surface area contributed by atoms with Crippen molar-refractivity contribution in [2.45, 2.75) is 144 Å². The molecule has 1 aromatic carbocycles. The van der Waals surface area contributed by atoms with E-state index in [1.165, 1.54) is 0 Å². The molecule has 60 heavy (non-hydrogen) atoms. The zero-order valence-corrected chi connectivity index (χ0v) is 37.5. The monoisotopic (exact) mass is 829 g/mol. The van der Waals surface area contributed by atoms with E-state index in [2.05, 4.69) is 65.3 Å². The number of benzene rings is 1. The van der Waals surface area contributed by atoms with Gasteiger partial charge in [0.1, 0.15) is 11.1 Å². The number of hydrogen-bond donors (Lipinski definition) is 3. The molecule has 7 rings (SSSR count). The van der Waals surface area contributed by atoms with Crippen molar-refractivity contribution in [3.63, 3.8) is 0 Å². The second-order valence-electron chi connectivity index (χ2n) is 20.8. The average molecular weight is 829 g/mol. The summed E-state index contributed by atoms with van der Waals surface area (Å²) in [6, 6.07) is 7.25. The number of carbonyl (C=O) groups excluding carboxylic acids is 2. The van der Waals surface area contributed by atoms with Crippen LogP contribution in [0, 0.1) is 56.7 Å². The maximum Gasteiger partial charge on any atom is 0.349 e. The van der Waals surface area contributed by atoms with E-state index in [4.69, 9.17) is 9.15 Å². The van der Waals surface area contributed by atoms with E-state index in [0.717, 1.165) is 82.1 Å². The summed E-state index contributed by atoms with van der Waals surface area (Å²) in [4.78, 5) is 54.0. The minimum Gasteiger partial charge on any atom is -0.481 e. The van der Waals surface area contributed by atoms with Gasteiger partial charge in [-0.1, -0.05) is 46.3 Å². The first-order valence-electron chi connectivity index (χ1n) is 23.2. The molecule has 5 saturated carbocycles. The third-order valence-electron chi connectivity index (χ3n) is 18.3. The topological polar surface area (TPSA) is 146 Å². The van der Waals surface area contributed by atoms with Crippen LogP contribution in [0.2, 0.25) is 0 Å². The number of anilines is 1. The number of hydrogen-bond acceptors (Lipinski definition) is 8. The number of aliphatic hydroxyl groups excluding tert-OH is 1. The molecule has 5 fully saturated rings. The zero-order valence-electron chi connectivity index (χ0n) is 37.5. The van der Waals surface area contributed by atoms with E-state index in [1.807, 2.05) is 18.2 Å². The van der Waals surface area contributed by atoms with Gasteiger partial charge in [-0.25, -0.2) is 4.79 Å². The fraction of sp³-hybridized carbons (Fsp3) is 0.720. The summed E-state index contributed by atoms with van der Waals surface area (Å²) in [5.74, 6) is 0.0553. The van der Waals surface area contributed by atoms with Crippen LogP contribution in [0.5, 0.6) is 0 Å². The molecule has 10 nitrogen and oxygen atoms in total. The van der Waals surface area contributed by atoms with Gasteiger partial charge in [0.15, 0.2) is 0 Å². The van der Waals surface area contributed by atoms with Crippen LogP contribution in [0.3, 0.4) is 0 Å². The molecule has 5 aliphatic carbocycles. The molecule has 1 amide bonds. The Morgan fingerprint density at radius 2 is 1.65 bits per heavy atom. The molecule has 1 aromatic heterocycles. The number of unbranched alkanes of at least 4 members (excludes halogenated alkanes) is 2. The first kappa shape index (κ1) is 44.4. The number of carboxylic acids is 1. The van der Waals surface area contributed by atoms with Crippen molar-refractivity contribution < 1.29 is 33.8 Å². The van der Waals surface area contributed by atoms with Crippen molar-refractivity contribution in [2.75, 3.05) is 31.1 Å². The Morgan fingerprint density at radius 3 is 2.35 bits per heavy atom. The van der Waals surface area contributed by atoms with Gasteiger partial charge in [-0.15, -0.1) is 0 Å². The molecule has 10 heteroatoms. The highest BCUT2D eigenvalue weighted by Crippen LogP contribution is 2.77. The molecule has 0 saturated heterocycles. The first-order chi connectivity index (χ1) is 28.4. The van der Waals surface area contributed by atoms with Gasteiger partial charge in [-0.3, -0.25) is 14.4 Å². The van der Waals surface area contributed by atoms with Crippen molar-refractivity contribution in [3.05, 3.63) is 52.4 Å². The molecule has 0 radical (unpaired) electrons. The number of nitrogens with one attached hydrogen (secondary N) is 1. The zero-order chi connectivity index (χ0) is 43.4. The molecule has 0 unspecified atom stereocenters. The van der Waals surface area contributed by atoms with Gasteiger partial charge in [0, 0.05) is 48.6 Å². The van der Waals surface area contributed by atoms with E-state index < -0.39 is 34.4 Å². The third-order valence-corrected chi connectivity index (χ3v) is 18.3. The number of aliphatic carboxylic acids is 1. The molecule has 330 valence electrons. The van der Waals surface area contributed by atoms with Gasteiger partial charge in [0.25, 0.3) is 5.91 Å². The summed E-state index contributed by atoms with van der Waals surface area (Å²) in [7, 11) is 0. The van der Waals surface area contributed by atoms with Gasteiger partial charge in [0.05, 0.1) is 18.1 Å². The molecule has 2 aromatic rings. The highest BCUT2D eigenvalue weighted by molar-refractivity contribution is 5.97. The fourth-order valence-corrected chi connectivity index (χ4v) is 14.7. The quantitative estimate of drug-likeness (QED) is 0.0734. The Balaban J connectivity index is 0.925. The second kappa shape index (κ2) is 16.6. The number of rotatable bonds is 14. The second-order valence-corrected chi connectivity index (χ2v) is 20.8. The molecule has 0 bridgehead atoms. The number of aliphatic hydroxyl groups is 1. The summed E-state index contributed by atoms with van der Waals surface area (Å²) < 4.78 is 11.6. The molecule has 0 aliphatic heterocycles. The number of esters is 1. The molecule has 0 spiro atoms. The molecule has 1 heterocycles. The standard InChI is InChI=1S/C50H72N2O8/c1-9-52(10-2)33-16-15-32-28-35(44(56)60-37(32)29-33)43(55)51-27-13-11-12-14-41(54)59-30-47(6)38-20-23-49(8)39(46(38,5)22-21-40(47)53)18-17-36-42-34(31(3)4)19-24-50(42,45(57)58)26-25-48(36,49)7/h15-16,28-29,34,36,38-40,42,53H,3,9-14,17-27,30H2,1-2,4-8H3,(H,51,55)(H,57,58)/t34-,36+,38+,39+,40-,42+,46-,47-,48+,49+,50-/m0/s1. The van der Waals surface area contributed by atoms with Crippen LogP contribution in [-0.4, -0.2) is 60.4 Å². The average Bonchev–Trinajstić information content (AvgIpc) is 3.62. The van der Waals surface area contributed by atoms with Crippen LogP contribution in [0.15, 0.2) is 45.6 Å². The Bertz CT molecular complexity index is 2040. The van der Waals surface area contributed by atoms with Crippen molar-refractivity contribution in [3.8, 4) is 0 Å². The first-order valence-corrected chi connectivity index (χ1v) is 23.2. The minimum absolute atomic E-state index is 0.0223. The largest absolute Gasteiger partial charge is 0.481 e. The predicted octanol–water partition coefficient (Wildman–Crippen LogP) is 9.56. The predicted molar refractivity (Wildman–Crippen MR) is 235 cm³/mol. The third kappa shape index (κ3) is 7.12. The number of fused-ring (bicyclic) bond motifs is 8. The van der Waals surface area contributed by atoms with Crippen molar-refractivity contribution in [2.24, 2.45) is 56.7 Å². The van der Waals surface area contributed by atoms with Crippen LogP contribution < -0.4 is 15.8 Å². The van der Waals surface area contributed by atoms with E-state index >= 15 is 0 Å². The van der Waals surface area contributed by atoms with Crippen LogP contribution >= 0.6 is 0 Å². The molecule has 3 N–H and O–H groups in total. The Morgan fingerprint density at radius 1 is 0.900 bits per heavy atom. The number of ether oxygens (including phenoxy) is 1. The van der Waals surface area contributed by atoms with Crippen LogP contribution in [0.4, 0.5) is 5.69 Å². The SMILES string of the molecule is C=C(C)[C@@H]1CC[C@]2(C(=O)O)CC[C@]3(C)[C@H](CC[C@@H]4[C@@]5(C)CC[C@H](O)[C@@](C)(COC(=O)CCCCCNC(=O)c6cc7ccc(N(CC)CC)cc7oc6=O)[C@@H]5CC[C@]43C)[C@@H]12. The van der Waals surface area contributed by atoms with Crippen LogP contribution in [0.1, 0.15) is 149 Å². The maximum atomic E-state index is 13.2. The summed E-state index contributed by atoms with van der Waals surface area (Å²) in [6.07, 6.45) is 10.8. The lowest BCUT2D eigenvalue weighted by Crippen LogP contribution is -2.67. The Kier molecular flexibility index (Phi) is 12.3. The smallest absolute Gasteiger partial charge is 0.349 e. The van der Waals surface area contributed by atoms with Gasteiger partial charge in [0.2, 0.25) is 0 Å². The van der Waals surface area contributed by atoms with E-state index in [9.17, 15) is 29.4 Å². The van der Waals surface area contributed by atoms with Crippen LogP contribution in [0.25, 0.3) is 11.0 Å². The van der Waals surface area contributed by atoms with Gasteiger partial charge in [-0.05, 0) is 162 Å². The van der Waals surface area contributed by atoms with Crippen LogP contribution in [-0.2, 0) is 14.3 Å². The Hall–Kier alpha value is -3.66. The highest BCUT2D eigenvalue weighted by Gasteiger charge is 2.72. The molecule has 5 aliphatic rings. The van der Waals surface area contributed by atoms with E-state index in [1.54, 1.807) is 6.07 Å². The number of amides is 1. The van der Waals surface area contributed by atoms with E-state index in [-0.39, 0.29) is 58.6 Å². The van der Waals surface area contributed by atoms with Crippen molar-refractivity contribution in [1.82, 2.24) is 5.32 Å².